The molecule has 4 nitrogen and oxygen atoms in total. The van der Waals surface area contributed by atoms with E-state index in [1.807, 2.05) is 0 Å². The van der Waals surface area contributed by atoms with E-state index in [1.165, 1.54) is 33.6 Å². The zero-order valence-electron chi connectivity index (χ0n) is 26.2. The Morgan fingerprint density at radius 1 is 0.341 bits per heavy atom. The Morgan fingerprint density at radius 2 is 0.561 bits per heavy atom. The Hall–Kier alpha value is -3.27. The Morgan fingerprint density at radius 3 is 0.780 bits per heavy atom. The molecule has 0 aliphatic carbocycles. The average Bonchev–Trinajstić information content (AvgIpc) is 2.87. The summed E-state index contributed by atoms with van der Waals surface area (Å²) in [6, 6.07) is 35.6. The van der Waals surface area contributed by atoms with E-state index in [9.17, 15) is 0 Å². The van der Waals surface area contributed by atoms with E-state index in [-0.39, 0.29) is 0 Å². The highest BCUT2D eigenvalue weighted by Crippen LogP contribution is 2.22. The van der Waals surface area contributed by atoms with Crippen LogP contribution < -0.4 is 19.9 Å². The van der Waals surface area contributed by atoms with Crippen LogP contribution in [0.2, 0.25) is 52.4 Å². The molecular weight excluding hydrogens is 549 g/mol. The van der Waals surface area contributed by atoms with Crippen molar-refractivity contribution in [2.24, 2.45) is 0 Å². The Labute approximate surface area is 251 Å². The molecule has 4 N–H and O–H groups in total. The van der Waals surface area contributed by atoms with Gasteiger partial charge in [0.15, 0.2) is 0 Å². The summed E-state index contributed by atoms with van der Waals surface area (Å²) < 4.78 is 0. The van der Waals surface area contributed by atoms with E-state index in [1.54, 1.807) is 0 Å². The van der Waals surface area contributed by atoms with Crippen molar-refractivity contribution >= 4 is 47.6 Å². The number of hydrogen-bond donors (Lipinski definition) is 4. The second-order valence-electron chi connectivity index (χ2n) is 13.8. The fourth-order valence-electron chi connectivity index (χ4n) is 4.91. The van der Waals surface area contributed by atoms with Crippen LogP contribution in [0.5, 0.6) is 0 Å². The van der Waals surface area contributed by atoms with Crippen LogP contribution in [0.4, 0.5) is 22.7 Å². The minimum Gasteiger partial charge on any atom is -0.411 e. The monoisotopic (exact) mass is 596 g/mol. The second-order valence-corrected chi connectivity index (χ2v) is 27.0. The van der Waals surface area contributed by atoms with Gasteiger partial charge in [-0.1, -0.05) is 87.8 Å². The maximum absolute atomic E-state index is 3.78. The first kappa shape index (κ1) is 30.7. The molecule has 0 aromatic heterocycles. The molecule has 0 amide bonds. The van der Waals surface area contributed by atoms with Crippen LogP contribution >= 0.6 is 0 Å². The first-order valence-corrected chi connectivity index (χ1v) is 24.7. The Kier molecular flexibility index (Phi) is 9.52. The molecular formula is C34H48N4Si3. The molecule has 4 aromatic rings. The molecule has 0 saturated heterocycles. The maximum atomic E-state index is 3.78. The summed E-state index contributed by atoms with van der Waals surface area (Å²) in [4.78, 5) is 14.9. The first-order valence-electron chi connectivity index (χ1n) is 14.7. The van der Waals surface area contributed by atoms with Gasteiger partial charge in [0.05, 0.1) is 0 Å². The van der Waals surface area contributed by atoms with Gasteiger partial charge in [0, 0.05) is 22.7 Å². The Bertz CT molecular complexity index is 1280. The van der Waals surface area contributed by atoms with E-state index < -0.39 is 24.9 Å². The molecule has 0 bridgehead atoms. The van der Waals surface area contributed by atoms with Gasteiger partial charge in [0.2, 0.25) is 0 Å². The van der Waals surface area contributed by atoms with Crippen LogP contribution in [-0.4, -0.2) is 24.9 Å². The molecule has 0 aliphatic heterocycles. The molecule has 0 aliphatic rings. The van der Waals surface area contributed by atoms with Gasteiger partial charge in [-0.05, 0) is 96.7 Å². The van der Waals surface area contributed by atoms with Crippen molar-refractivity contribution in [2.45, 2.75) is 65.2 Å². The number of anilines is 4. The lowest BCUT2D eigenvalue weighted by atomic mass is 10.0. The molecule has 0 fully saturated rings. The lowest BCUT2D eigenvalue weighted by Crippen LogP contribution is -2.45. The van der Waals surface area contributed by atoms with E-state index in [2.05, 4.69) is 169 Å². The normalized spacial score (nSPS) is 12.1. The van der Waals surface area contributed by atoms with Gasteiger partial charge in [-0.15, -0.1) is 0 Å². The zero-order valence-corrected chi connectivity index (χ0v) is 29.2. The highest BCUT2D eigenvalue weighted by molar-refractivity contribution is 6.83. The summed E-state index contributed by atoms with van der Waals surface area (Å²) >= 11 is 0. The molecule has 4 rings (SSSR count). The quantitative estimate of drug-likeness (QED) is 0.123. The maximum Gasteiger partial charge on any atom is 0.252 e. The number of rotatable bonds is 12. The zero-order chi connectivity index (χ0) is 29.7. The Balaban J connectivity index is 1.28. The minimum atomic E-state index is -1.93. The number of hydrogen-bond acceptors (Lipinski definition) is 4. The topological polar surface area (TPSA) is 48.1 Å². The van der Waals surface area contributed by atoms with Gasteiger partial charge in [-0.3, -0.25) is 0 Å². The van der Waals surface area contributed by atoms with Gasteiger partial charge < -0.3 is 19.9 Å². The number of nitrogens with one attached hydrogen (secondary N) is 4. The van der Waals surface area contributed by atoms with Crippen molar-refractivity contribution in [1.82, 2.24) is 0 Å². The highest BCUT2D eigenvalue weighted by Gasteiger charge is 2.21. The third-order valence-electron chi connectivity index (χ3n) is 6.58. The molecule has 0 radical (unpaired) electrons. The van der Waals surface area contributed by atoms with Crippen molar-refractivity contribution < 1.29 is 0 Å². The molecule has 41 heavy (non-hydrogen) atoms. The standard InChI is InChI=1S/C34H48N4Si3/c1-39(2,3)35-31-17-9-27(10-18-31)25-29-13-21-33(22-14-29)37-41(7,8)38-34-23-15-30(16-24-34)26-28-11-19-32(20-12-28)36-40(4,5)6/h9-24,35-38H,25-26H2,1-8H3. The average molecular weight is 597 g/mol. The lowest BCUT2D eigenvalue weighted by molar-refractivity contribution is 1.19. The van der Waals surface area contributed by atoms with Crippen LogP contribution in [0.1, 0.15) is 22.3 Å². The van der Waals surface area contributed by atoms with Gasteiger partial charge in [-0.25, -0.2) is 0 Å². The smallest absolute Gasteiger partial charge is 0.252 e. The summed E-state index contributed by atoms with van der Waals surface area (Å²) in [5.74, 6) is 0. The van der Waals surface area contributed by atoms with Gasteiger partial charge in [0.25, 0.3) is 8.40 Å². The van der Waals surface area contributed by atoms with Gasteiger partial charge in [-0.2, -0.15) is 0 Å². The van der Waals surface area contributed by atoms with Gasteiger partial charge >= 0.3 is 0 Å². The van der Waals surface area contributed by atoms with E-state index in [4.69, 9.17) is 0 Å². The third-order valence-corrected chi connectivity index (χ3v) is 10.5. The van der Waals surface area contributed by atoms with Crippen LogP contribution in [0.3, 0.4) is 0 Å². The molecule has 0 heterocycles. The van der Waals surface area contributed by atoms with Crippen molar-refractivity contribution in [2.75, 3.05) is 19.9 Å². The molecule has 7 heteroatoms. The van der Waals surface area contributed by atoms with Crippen molar-refractivity contribution in [3.8, 4) is 0 Å². The van der Waals surface area contributed by atoms with E-state index >= 15 is 0 Å². The molecule has 0 atom stereocenters. The summed E-state index contributed by atoms with van der Waals surface area (Å²) in [6.07, 6.45) is 1.89. The largest absolute Gasteiger partial charge is 0.411 e. The van der Waals surface area contributed by atoms with E-state index in [0.29, 0.717) is 0 Å². The van der Waals surface area contributed by atoms with Crippen LogP contribution in [0.25, 0.3) is 0 Å². The molecule has 4 aromatic carbocycles. The molecule has 216 valence electrons. The number of benzene rings is 4. The fourth-order valence-corrected chi connectivity index (χ4v) is 8.82. The summed E-state index contributed by atoms with van der Waals surface area (Å²) in [6.45, 7) is 18.5. The first-order chi connectivity index (χ1) is 19.2. The van der Waals surface area contributed by atoms with Crippen LogP contribution in [0, 0.1) is 0 Å². The van der Waals surface area contributed by atoms with E-state index in [0.717, 1.165) is 24.2 Å². The van der Waals surface area contributed by atoms with Crippen LogP contribution in [-0.2, 0) is 12.8 Å². The lowest BCUT2D eigenvalue weighted by Gasteiger charge is -2.27. The summed E-state index contributed by atoms with van der Waals surface area (Å²) in [7, 11) is -4.58. The minimum absolute atomic E-state index is 0.943. The summed E-state index contributed by atoms with van der Waals surface area (Å²) in [5.41, 5.74) is 10.1. The predicted octanol–water partition coefficient (Wildman–Crippen LogP) is 9.59. The SMILES string of the molecule is C[Si](C)(C)Nc1ccc(Cc2ccc(N[Si](C)(C)Nc3ccc(Cc4ccc(N[Si](C)(C)C)cc4)cc3)cc2)cc1. The predicted molar refractivity (Wildman–Crippen MR) is 190 cm³/mol. The second kappa shape index (κ2) is 12.7. The highest BCUT2D eigenvalue weighted by atomic mass is 28.3. The van der Waals surface area contributed by atoms with Crippen molar-refractivity contribution in [1.29, 1.82) is 0 Å². The van der Waals surface area contributed by atoms with Crippen molar-refractivity contribution in [3.63, 3.8) is 0 Å². The fraction of sp³-hybridized carbons (Fsp3) is 0.294. The molecule has 0 spiro atoms. The molecule has 0 unspecified atom stereocenters. The summed E-state index contributed by atoms with van der Waals surface area (Å²) in [5, 5.41) is 0. The molecule has 0 saturated carbocycles. The van der Waals surface area contributed by atoms with Crippen molar-refractivity contribution in [3.05, 3.63) is 119 Å². The van der Waals surface area contributed by atoms with Gasteiger partial charge in [0.1, 0.15) is 16.5 Å². The third kappa shape index (κ3) is 10.6. The van der Waals surface area contributed by atoms with Crippen LogP contribution in [0.15, 0.2) is 97.1 Å².